The van der Waals surface area contributed by atoms with Gasteiger partial charge in [-0.25, -0.2) is 4.79 Å². The predicted octanol–water partition coefficient (Wildman–Crippen LogP) is 6.27. The highest BCUT2D eigenvalue weighted by Crippen LogP contribution is 2.38. The largest absolute Gasteiger partial charge is 0.477 e. The smallest absolute Gasteiger partial charge is 0.348 e. The summed E-state index contributed by atoms with van der Waals surface area (Å²) in [5.41, 5.74) is 3.82. The van der Waals surface area contributed by atoms with Crippen molar-refractivity contribution in [2.75, 3.05) is 4.90 Å². The summed E-state index contributed by atoms with van der Waals surface area (Å²) in [7, 11) is 0. The van der Waals surface area contributed by atoms with Crippen LogP contribution in [0.4, 0.5) is 5.69 Å². The van der Waals surface area contributed by atoms with Crippen molar-refractivity contribution in [3.8, 4) is 10.4 Å². The Kier molecular flexibility index (Phi) is 5.96. The lowest BCUT2D eigenvalue weighted by Gasteiger charge is -2.23. The number of hydrogen-bond acceptors (Lipinski definition) is 3. The Balaban J connectivity index is 1.82. The SMILES string of the molecule is Cc1ccc(C(=O)N(Cc2ccccc2)c2cc(-c3ccccc3)sc2C(=O)O)cc1. The zero-order valence-corrected chi connectivity index (χ0v) is 17.8. The van der Waals surface area contributed by atoms with Crippen LogP contribution in [0.3, 0.4) is 0 Å². The van der Waals surface area contributed by atoms with Crippen LogP contribution in [0, 0.1) is 6.92 Å². The van der Waals surface area contributed by atoms with Crippen LogP contribution < -0.4 is 4.90 Å². The van der Waals surface area contributed by atoms with Crippen LogP contribution in [0.25, 0.3) is 10.4 Å². The van der Waals surface area contributed by atoms with Gasteiger partial charge in [-0.2, -0.15) is 0 Å². The van der Waals surface area contributed by atoms with E-state index in [0.717, 1.165) is 21.6 Å². The Hall–Kier alpha value is -3.70. The minimum absolute atomic E-state index is 0.148. The zero-order valence-electron chi connectivity index (χ0n) is 17.0. The summed E-state index contributed by atoms with van der Waals surface area (Å²) < 4.78 is 0. The third kappa shape index (κ3) is 4.57. The fourth-order valence-electron chi connectivity index (χ4n) is 3.36. The number of nitrogens with zero attached hydrogens (tertiary/aromatic N) is 1. The number of anilines is 1. The molecule has 0 saturated heterocycles. The molecule has 0 unspecified atom stereocenters. The normalized spacial score (nSPS) is 10.6. The summed E-state index contributed by atoms with van der Waals surface area (Å²) in [6.45, 7) is 2.24. The molecule has 0 aliphatic carbocycles. The number of aromatic carboxylic acids is 1. The van der Waals surface area contributed by atoms with E-state index >= 15 is 0 Å². The number of hydrogen-bond donors (Lipinski definition) is 1. The van der Waals surface area contributed by atoms with Crippen molar-refractivity contribution < 1.29 is 14.7 Å². The first-order valence-corrected chi connectivity index (χ1v) is 10.7. The summed E-state index contributed by atoms with van der Waals surface area (Å²) in [6, 6.07) is 28.3. The van der Waals surface area contributed by atoms with E-state index in [-0.39, 0.29) is 17.3 Å². The molecule has 31 heavy (non-hydrogen) atoms. The standard InChI is InChI=1S/C26H21NO3S/c1-18-12-14-21(15-13-18)25(28)27(17-19-8-4-2-5-9-19)22-16-23(31-24(22)26(29)30)20-10-6-3-7-11-20/h2-16H,17H2,1H3,(H,29,30). The Morgan fingerprint density at radius 3 is 2.10 bits per heavy atom. The quantitative estimate of drug-likeness (QED) is 0.395. The first-order chi connectivity index (χ1) is 15.0. The third-order valence-corrected chi connectivity index (χ3v) is 6.14. The fourth-order valence-corrected chi connectivity index (χ4v) is 4.37. The van der Waals surface area contributed by atoms with Crippen molar-refractivity contribution in [3.05, 3.63) is 113 Å². The number of carboxylic acid groups (broad SMARTS) is 1. The summed E-state index contributed by atoms with van der Waals surface area (Å²) >= 11 is 1.18. The van der Waals surface area contributed by atoms with Gasteiger partial charge in [0.25, 0.3) is 5.91 Å². The highest BCUT2D eigenvalue weighted by Gasteiger charge is 2.26. The molecule has 0 aliphatic rings. The molecule has 0 radical (unpaired) electrons. The molecular formula is C26H21NO3S. The topological polar surface area (TPSA) is 57.6 Å². The monoisotopic (exact) mass is 427 g/mol. The summed E-state index contributed by atoms with van der Waals surface area (Å²) in [5, 5.41) is 9.90. The van der Waals surface area contributed by atoms with Crippen LogP contribution in [0.5, 0.6) is 0 Å². The van der Waals surface area contributed by atoms with Crippen LogP contribution in [0.2, 0.25) is 0 Å². The van der Waals surface area contributed by atoms with E-state index in [2.05, 4.69) is 0 Å². The number of benzene rings is 3. The van der Waals surface area contributed by atoms with E-state index in [4.69, 9.17) is 0 Å². The molecule has 0 atom stereocenters. The molecule has 3 aromatic carbocycles. The Morgan fingerprint density at radius 2 is 1.48 bits per heavy atom. The fraction of sp³-hybridized carbons (Fsp3) is 0.0769. The number of carbonyl (C=O) groups excluding carboxylic acids is 1. The molecule has 0 fully saturated rings. The molecule has 0 spiro atoms. The molecule has 0 bridgehead atoms. The van der Waals surface area contributed by atoms with Gasteiger partial charge in [-0.15, -0.1) is 11.3 Å². The second-order valence-corrected chi connectivity index (χ2v) is 8.29. The lowest BCUT2D eigenvalue weighted by atomic mass is 10.1. The van der Waals surface area contributed by atoms with Crippen molar-refractivity contribution in [3.63, 3.8) is 0 Å². The highest BCUT2D eigenvalue weighted by atomic mass is 32.1. The van der Waals surface area contributed by atoms with Gasteiger partial charge in [0.05, 0.1) is 12.2 Å². The molecule has 4 nitrogen and oxygen atoms in total. The highest BCUT2D eigenvalue weighted by molar-refractivity contribution is 7.18. The summed E-state index contributed by atoms with van der Waals surface area (Å²) in [6.07, 6.45) is 0. The van der Waals surface area contributed by atoms with Gasteiger partial charge in [-0.1, -0.05) is 78.4 Å². The molecule has 1 heterocycles. The second kappa shape index (κ2) is 8.98. The molecule has 5 heteroatoms. The minimum atomic E-state index is -1.04. The van der Waals surface area contributed by atoms with Gasteiger partial charge in [0.1, 0.15) is 4.88 Å². The Bertz CT molecular complexity index is 1200. The van der Waals surface area contributed by atoms with E-state index in [1.54, 1.807) is 23.1 Å². The van der Waals surface area contributed by atoms with E-state index in [1.807, 2.05) is 79.7 Å². The minimum Gasteiger partial charge on any atom is -0.477 e. The van der Waals surface area contributed by atoms with Crippen molar-refractivity contribution in [1.29, 1.82) is 0 Å². The Labute approximate surface area is 185 Å². The summed E-state index contributed by atoms with van der Waals surface area (Å²) in [5.74, 6) is -1.28. The van der Waals surface area contributed by atoms with Crippen molar-refractivity contribution in [1.82, 2.24) is 0 Å². The number of rotatable bonds is 6. The molecule has 1 amide bonds. The predicted molar refractivity (Wildman–Crippen MR) is 125 cm³/mol. The second-order valence-electron chi connectivity index (χ2n) is 7.24. The molecule has 1 aromatic heterocycles. The maximum atomic E-state index is 13.5. The number of carbonyl (C=O) groups is 2. The van der Waals surface area contributed by atoms with Crippen LogP contribution >= 0.6 is 11.3 Å². The van der Waals surface area contributed by atoms with Crippen molar-refractivity contribution in [2.24, 2.45) is 0 Å². The number of carboxylic acids is 1. The van der Waals surface area contributed by atoms with Crippen LogP contribution in [-0.2, 0) is 6.54 Å². The van der Waals surface area contributed by atoms with Crippen LogP contribution in [0.1, 0.15) is 31.2 Å². The lowest BCUT2D eigenvalue weighted by molar-refractivity contribution is 0.0703. The van der Waals surface area contributed by atoms with Crippen molar-refractivity contribution in [2.45, 2.75) is 13.5 Å². The van der Waals surface area contributed by atoms with Gasteiger partial charge in [0.15, 0.2) is 0 Å². The lowest BCUT2D eigenvalue weighted by Crippen LogP contribution is -2.31. The molecule has 4 rings (SSSR count). The van der Waals surface area contributed by atoms with Gasteiger partial charge in [-0.3, -0.25) is 4.79 Å². The molecule has 1 N–H and O–H groups in total. The molecule has 0 aliphatic heterocycles. The maximum Gasteiger partial charge on any atom is 0.348 e. The van der Waals surface area contributed by atoms with Gasteiger partial charge in [-0.05, 0) is 36.2 Å². The molecule has 154 valence electrons. The number of aryl methyl sites for hydroxylation is 1. The summed E-state index contributed by atoms with van der Waals surface area (Å²) in [4.78, 5) is 28.1. The average molecular weight is 428 g/mol. The van der Waals surface area contributed by atoms with E-state index in [1.165, 1.54) is 11.3 Å². The number of amides is 1. The third-order valence-electron chi connectivity index (χ3n) is 4.98. The van der Waals surface area contributed by atoms with Crippen molar-refractivity contribution >= 4 is 28.9 Å². The Morgan fingerprint density at radius 1 is 0.871 bits per heavy atom. The van der Waals surface area contributed by atoms with Crippen LogP contribution in [-0.4, -0.2) is 17.0 Å². The average Bonchev–Trinajstić information content (AvgIpc) is 3.24. The number of thiophene rings is 1. The van der Waals surface area contributed by atoms with Gasteiger partial charge in [0, 0.05) is 10.4 Å². The van der Waals surface area contributed by atoms with E-state index in [9.17, 15) is 14.7 Å². The molecular weight excluding hydrogens is 406 g/mol. The zero-order chi connectivity index (χ0) is 21.8. The molecule has 4 aromatic rings. The molecule has 0 saturated carbocycles. The van der Waals surface area contributed by atoms with E-state index in [0.29, 0.717) is 11.3 Å². The maximum absolute atomic E-state index is 13.5. The van der Waals surface area contributed by atoms with Gasteiger partial charge >= 0.3 is 5.97 Å². The first kappa shape index (κ1) is 20.6. The van der Waals surface area contributed by atoms with E-state index < -0.39 is 5.97 Å². The van der Waals surface area contributed by atoms with Gasteiger partial charge in [0.2, 0.25) is 0 Å². The van der Waals surface area contributed by atoms with Gasteiger partial charge < -0.3 is 10.0 Å². The van der Waals surface area contributed by atoms with Crippen LogP contribution in [0.15, 0.2) is 91.0 Å². The first-order valence-electron chi connectivity index (χ1n) is 9.88.